The number of amides is 1. The normalized spacial score (nSPS) is 25.8. The summed E-state index contributed by atoms with van der Waals surface area (Å²) in [4.78, 5) is 23.4. The van der Waals surface area contributed by atoms with Crippen LogP contribution in [0.1, 0.15) is 17.0 Å². The predicted octanol–water partition coefficient (Wildman–Crippen LogP) is 1.69. The first kappa shape index (κ1) is 16.6. The van der Waals surface area contributed by atoms with E-state index in [0.29, 0.717) is 25.5 Å². The van der Waals surface area contributed by atoms with Crippen molar-refractivity contribution in [2.45, 2.75) is 19.5 Å². The van der Waals surface area contributed by atoms with Gasteiger partial charge in [0.05, 0.1) is 19.8 Å². The fraction of sp³-hybridized carbons (Fsp3) is 0.500. The van der Waals surface area contributed by atoms with Crippen molar-refractivity contribution in [3.05, 3.63) is 46.7 Å². The van der Waals surface area contributed by atoms with Crippen LogP contribution in [-0.2, 0) is 22.6 Å². The number of aromatic nitrogens is 2. The Labute approximate surface area is 151 Å². The number of fused-ring (bicyclic) bond motifs is 1. The number of hydrogen-bond donors (Lipinski definition) is 1. The van der Waals surface area contributed by atoms with Crippen LogP contribution in [0, 0.1) is 11.3 Å². The third-order valence-electron chi connectivity index (χ3n) is 5.16. The van der Waals surface area contributed by atoms with Gasteiger partial charge in [-0.2, -0.15) is 0 Å². The molecule has 1 amide bonds. The number of carbonyl (C=O) groups is 1. The largest absolute Gasteiger partial charge is 0.380 e. The number of pyridine rings is 1. The first-order valence-corrected chi connectivity index (χ1v) is 9.46. The lowest BCUT2D eigenvalue weighted by molar-refractivity contribution is -0.123. The van der Waals surface area contributed by atoms with Gasteiger partial charge >= 0.3 is 0 Å². The highest BCUT2D eigenvalue weighted by Gasteiger charge is 2.51. The topological polar surface area (TPSA) is 67.3 Å². The van der Waals surface area contributed by atoms with Crippen LogP contribution in [0.15, 0.2) is 36.1 Å². The second-order valence-electron chi connectivity index (χ2n) is 6.98. The van der Waals surface area contributed by atoms with Gasteiger partial charge in [0, 0.05) is 61.4 Å². The summed E-state index contributed by atoms with van der Waals surface area (Å²) in [7, 11) is 0. The zero-order valence-electron chi connectivity index (χ0n) is 14.1. The molecule has 0 bridgehead atoms. The van der Waals surface area contributed by atoms with E-state index >= 15 is 0 Å². The van der Waals surface area contributed by atoms with Gasteiger partial charge in [-0.15, -0.1) is 11.3 Å². The Hall–Kier alpha value is -1.83. The molecule has 1 N–H and O–H groups in total. The van der Waals surface area contributed by atoms with Gasteiger partial charge < -0.3 is 10.1 Å². The van der Waals surface area contributed by atoms with Gasteiger partial charge in [-0.3, -0.25) is 14.7 Å². The van der Waals surface area contributed by atoms with Crippen molar-refractivity contribution in [1.82, 2.24) is 20.2 Å². The van der Waals surface area contributed by atoms with Crippen LogP contribution in [-0.4, -0.2) is 47.1 Å². The molecule has 2 aliphatic rings. The minimum atomic E-state index is -0.0592. The third kappa shape index (κ3) is 3.73. The minimum absolute atomic E-state index is 0.0592. The molecule has 6 nitrogen and oxygen atoms in total. The molecule has 0 spiro atoms. The summed E-state index contributed by atoms with van der Waals surface area (Å²) in [5, 5.41) is 6.18. The lowest BCUT2D eigenvalue weighted by Gasteiger charge is -2.26. The molecule has 2 aromatic heterocycles. The van der Waals surface area contributed by atoms with Gasteiger partial charge in [0.25, 0.3) is 0 Å². The molecule has 0 saturated carbocycles. The van der Waals surface area contributed by atoms with Gasteiger partial charge in [-0.1, -0.05) is 6.07 Å². The number of thiazole rings is 1. The van der Waals surface area contributed by atoms with Crippen molar-refractivity contribution in [1.29, 1.82) is 0 Å². The molecule has 0 aromatic carbocycles. The molecule has 25 heavy (non-hydrogen) atoms. The highest BCUT2D eigenvalue weighted by molar-refractivity contribution is 7.09. The average Bonchev–Trinajstić information content (AvgIpc) is 3.31. The van der Waals surface area contributed by atoms with E-state index in [4.69, 9.17) is 4.74 Å². The number of hydrogen-bond acceptors (Lipinski definition) is 6. The van der Waals surface area contributed by atoms with Crippen LogP contribution in [0.4, 0.5) is 0 Å². The third-order valence-corrected chi connectivity index (χ3v) is 5.92. The molecule has 7 heteroatoms. The summed E-state index contributed by atoms with van der Waals surface area (Å²) in [6.45, 7) is 4.70. The number of ether oxygens (including phenoxy) is 1. The summed E-state index contributed by atoms with van der Waals surface area (Å²) < 4.78 is 5.73. The SMILES string of the molecule is O=C(C[C@]12COC[C@H]1CN(Cc1nccs1)C2)NCc1cccnc1. The van der Waals surface area contributed by atoms with E-state index in [1.807, 2.05) is 23.7 Å². The Kier molecular flexibility index (Phi) is 4.78. The molecule has 0 unspecified atom stereocenters. The summed E-state index contributed by atoms with van der Waals surface area (Å²) >= 11 is 1.69. The quantitative estimate of drug-likeness (QED) is 0.851. The van der Waals surface area contributed by atoms with Crippen LogP contribution in [0.5, 0.6) is 0 Å². The summed E-state index contributed by atoms with van der Waals surface area (Å²) in [6.07, 6.45) is 5.89. The molecule has 2 saturated heterocycles. The second-order valence-corrected chi connectivity index (χ2v) is 7.96. The van der Waals surface area contributed by atoms with E-state index in [0.717, 1.165) is 36.8 Å². The molecule has 4 heterocycles. The number of likely N-dealkylation sites (tertiary alicyclic amines) is 1. The lowest BCUT2D eigenvalue weighted by Crippen LogP contribution is -2.37. The van der Waals surface area contributed by atoms with Crippen LogP contribution < -0.4 is 5.32 Å². The van der Waals surface area contributed by atoms with Crippen LogP contribution in [0.2, 0.25) is 0 Å². The fourth-order valence-electron chi connectivity index (χ4n) is 3.92. The molecule has 2 aromatic rings. The fourth-order valence-corrected chi connectivity index (χ4v) is 4.58. The monoisotopic (exact) mass is 358 g/mol. The maximum Gasteiger partial charge on any atom is 0.220 e. The molecule has 132 valence electrons. The van der Waals surface area contributed by atoms with Crippen LogP contribution in [0.25, 0.3) is 0 Å². The smallest absolute Gasteiger partial charge is 0.220 e. The maximum atomic E-state index is 12.5. The van der Waals surface area contributed by atoms with E-state index in [1.165, 1.54) is 0 Å². The number of carbonyl (C=O) groups excluding carboxylic acids is 1. The van der Waals surface area contributed by atoms with Gasteiger partial charge in [0.1, 0.15) is 5.01 Å². The molecular formula is C18H22N4O2S. The number of nitrogens with zero attached hydrogens (tertiary/aromatic N) is 3. The van der Waals surface area contributed by atoms with Gasteiger partial charge in [-0.25, -0.2) is 4.98 Å². The molecule has 2 fully saturated rings. The molecule has 0 aliphatic carbocycles. The molecule has 2 atom stereocenters. The van der Waals surface area contributed by atoms with Crippen molar-refractivity contribution in [3.63, 3.8) is 0 Å². The van der Waals surface area contributed by atoms with E-state index in [1.54, 1.807) is 23.7 Å². The minimum Gasteiger partial charge on any atom is -0.380 e. The van der Waals surface area contributed by atoms with E-state index in [2.05, 4.69) is 20.2 Å². The Morgan fingerprint density at radius 1 is 1.48 bits per heavy atom. The van der Waals surface area contributed by atoms with Crippen LogP contribution in [0.3, 0.4) is 0 Å². The van der Waals surface area contributed by atoms with E-state index < -0.39 is 0 Å². The zero-order valence-corrected chi connectivity index (χ0v) is 14.9. The second kappa shape index (κ2) is 7.19. The van der Waals surface area contributed by atoms with Gasteiger partial charge in [-0.05, 0) is 11.6 Å². The highest BCUT2D eigenvalue weighted by atomic mass is 32.1. The zero-order chi connectivity index (χ0) is 17.1. The van der Waals surface area contributed by atoms with Crippen LogP contribution >= 0.6 is 11.3 Å². The first-order valence-electron chi connectivity index (χ1n) is 8.58. The first-order chi connectivity index (χ1) is 12.2. The summed E-state index contributed by atoms with van der Waals surface area (Å²) in [6, 6.07) is 3.85. The van der Waals surface area contributed by atoms with E-state index in [-0.39, 0.29) is 11.3 Å². The lowest BCUT2D eigenvalue weighted by atomic mass is 9.78. The summed E-state index contributed by atoms with van der Waals surface area (Å²) in [5.74, 6) is 0.520. The predicted molar refractivity (Wildman–Crippen MR) is 94.8 cm³/mol. The molecular weight excluding hydrogens is 336 g/mol. The Bertz CT molecular complexity index is 709. The Morgan fingerprint density at radius 3 is 3.24 bits per heavy atom. The van der Waals surface area contributed by atoms with Crippen molar-refractivity contribution < 1.29 is 9.53 Å². The Morgan fingerprint density at radius 2 is 2.44 bits per heavy atom. The Balaban J connectivity index is 1.35. The summed E-state index contributed by atoms with van der Waals surface area (Å²) in [5.41, 5.74) is 0.959. The van der Waals surface area contributed by atoms with E-state index in [9.17, 15) is 4.79 Å². The van der Waals surface area contributed by atoms with Crippen molar-refractivity contribution >= 4 is 17.2 Å². The maximum absolute atomic E-state index is 12.5. The average molecular weight is 358 g/mol. The van der Waals surface area contributed by atoms with Gasteiger partial charge in [0.2, 0.25) is 5.91 Å². The van der Waals surface area contributed by atoms with Crippen molar-refractivity contribution in [2.75, 3.05) is 26.3 Å². The van der Waals surface area contributed by atoms with Gasteiger partial charge in [0.15, 0.2) is 0 Å². The van der Waals surface area contributed by atoms with Crippen molar-refractivity contribution in [3.8, 4) is 0 Å². The number of nitrogens with one attached hydrogen (secondary N) is 1. The highest BCUT2D eigenvalue weighted by Crippen LogP contribution is 2.44. The molecule has 4 rings (SSSR count). The van der Waals surface area contributed by atoms with Crippen molar-refractivity contribution in [2.24, 2.45) is 11.3 Å². The standard InChI is InChI=1S/C18H22N4O2S/c23-16(21-8-14-2-1-3-19-7-14)6-18-12-22(9-15(18)11-24-13-18)10-17-20-4-5-25-17/h1-5,7,15H,6,8-13H2,(H,21,23)/t15-,18+/m1/s1. The molecule has 2 aliphatic heterocycles. The molecule has 0 radical (unpaired) electrons. The number of rotatable bonds is 6.